The number of fused-ring (bicyclic) bond motifs is 1. The van der Waals surface area contributed by atoms with E-state index in [-0.39, 0.29) is 11.6 Å². The number of nitro groups is 1. The molecule has 0 spiro atoms. The Morgan fingerprint density at radius 2 is 1.86 bits per heavy atom. The number of halogens is 1. The first-order chi connectivity index (χ1) is 17.0. The molecular weight excluding hydrogens is 494 g/mol. The molecule has 2 saturated heterocycles. The van der Waals surface area contributed by atoms with Crippen LogP contribution in [-0.4, -0.2) is 80.3 Å². The van der Waals surface area contributed by atoms with Gasteiger partial charge in [-0.05, 0) is 24.3 Å². The van der Waals surface area contributed by atoms with Gasteiger partial charge in [0.05, 0.1) is 35.0 Å². The summed E-state index contributed by atoms with van der Waals surface area (Å²) in [6.07, 6.45) is 0. The molecule has 0 aliphatic carbocycles. The number of nitrogens with zero attached hydrogens (tertiary/aromatic N) is 5. The van der Waals surface area contributed by atoms with Gasteiger partial charge in [0.25, 0.3) is 11.6 Å². The van der Waals surface area contributed by atoms with Crippen LogP contribution in [0.15, 0.2) is 30.3 Å². The fourth-order valence-corrected chi connectivity index (χ4v) is 5.71. The number of methoxy groups -OCH3 is 1. The number of thiazole rings is 1. The van der Waals surface area contributed by atoms with E-state index in [1.165, 1.54) is 17.4 Å². The quantitative estimate of drug-likeness (QED) is 0.373. The Hall–Kier alpha value is -3.15. The molecule has 1 aromatic heterocycles. The van der Waals surface area contributed by atoms with E-state index in [0.29, 0.717) is 74.5 Å². The molecule has 0 bridgehead atoms. The number of aromatic nitrogens is 1. The summed E-state index contributed by atoms with van der Waals surface area (Å²) >= 11 is 7.85. The molecule has 0 atom stereocenters. The summed E-state index contributed by atoms with van der Waals surface area (Å²) in [4.78, 5) is 35.0. The Bertz CT molecular complexity index is 1270. The number of rotatable bonds is 5. The summed E-state index contributed by atoms with van der Waals surface area (Å²) in [5.74, 6) is 0.457. The number of hydrogen-bond donors (Lipinski definition) is 0. The highest BCUT2D eigenvalue weighted by Gasteiger charge is 2.28. The van der Waals surface area contributed by atoms with E-state index >= 15 is 0 Å². The van der Waals surface area contributed by atoms with Crippen molar-refractivity contribution in [3.05, 3.63) is 51.0 Å². The highest BCUT2D eigenvalue weighted by atomic mass is 35.5. The number of piperazine rings is 1. The lowest BCUT2D eigenvalue weighted by Crippen LogP contribution is -2.48. The van der Waals surface area contributed by atoms with Crippen molar-refractivity contribution in [2.75, 3.05) is 69.4 Å². The zero-order valence-electron chi connectivity index (χ0n) is 19.1. The first kappa shape index (κ1) is 23.6. The van der Waals surface area contributed by atoms with Crippen LogP contribution in [0.4, 0.5) is 16.5 Å². The van der Waals surface area contributed by atoms with Gasteiger partial charge in [0.15, 0.2) is 5.13 Å². The SMILES string of the molecule is COc1ccc(Cl)c2sc(N3CCN(C(=O)c4ccc(N5CCOCC5)c([N+](=O)[O-])c4)CC3)nc12. The predicted octanol–water partition coefficient (Wildman–Crippen LogP) is 3.67. The standard InChI is InChI=1S/C23H24ClN5O5S/c1-33-19-5-3-16(24)21-20(19)25-23(35-21)28-8-6-27(7-9-28)22(30)15-2-4-17(18(14-15)29(31)32)26-10-12-34-13-11-26/h2-5,14H,6-13H2,1H3. The highest BCUT2D eigenvalue weighted by Crippen LogP contribution is 2.39. The van der Waals surface area contributed by atoms with Gasteiger partial charge in [-0.25, -0.2) is 4.98 Å². The smallest absolute Gasteiger partial charge is 0.293 e. The van der Waals surface area contributed by atoms with Crippen molar-refractivity contribution >= 4 is 55.6 Å². The zero-order chi connectivity index (χ0) is 24.5. The highest BCUT2D eigenvalue weighted by molar-refractivity contribution is 7.22. The lowest BCUT2D eigenvalue weighted by molar-refractivity contribution is -0.384. The Kier molecular flexibility index (Phi) is 6.63. The average molecular weight is 518 g/mol. The van der Waals surface area contributed by atoms with Crippen molar-refractivity contribution in [1.82, 2.24) is 9.88 Å². The third kappa shape index (κ3) is 4.58. The molecule has 35 heavy (non-hydrogen) atoms. The number of amides is 1. The van der Waals surface area contributed by atoms with Crippen LogP contribution >= 0.6 is 22.9 Å². The first-order valence-electron chi connectivity index (χ1n) is 11.2. The Morgan fingerprint density at radius 1 is 1.11 bits per heavy atom. The fourth-order valence-electron chi connectivity index (χ4n) is 4.40. The third-order valence-corrected chi connectivity index (χ3v) is 7.85. The molecule has 0 saturated carbocycles. The molecule has 3 heterocycles. The number of ether oxygens (including phenoxy) is 2. The van der Waals surface area contributed by atoms with E-state index in [9.17, 15) is 14.9 Å². The summed E-state index contributed by atoms with van der Waals surface area (Å²) in [6, 6.07) is 8.33. The molecule has 0 N–H and O–H groups in total. The van der Waals surface area contributed by atoms with Crippen LogP contribution < -0.4 is 14.5 Å². The minimum absolute atomic E-state index is 0.0586. The molecule has 3 aromatic rings. The molecular formula is C23H24ClN5O5S. The number of benzene rings is 2. The van der Waals surface area contributed by atoms with Gasteiger partial charge in [0, 0.05) is 50.9 Å². The van der Waals surface area contributed by atoms with Crippen LogP contribution in [0.5, 0.6) is 5.75 Å². The molecule has 184 valence electrons. The van der Waals surface area contributed by atoms with E-state index in [2.05, 4.69) is 4.90 Å². The second kappa shape index (κ2) is 9.84. The van der Waals surface area contributed by atoms with Gasteiger partial charge in [0.1, 0.15) is 17.0 Å². The van der Waals surface area contributed by atoms with Crippen molar-refractivity contribution in [1.29, 1.82) is 0 Å². The molecule has 10 nitrogen and oxygen atoms in total. The van der Waals surface area contributed by atoms with E-state index in [4.69, 9.17) is 26.1 Å². The lowest BCUT2D eigenvalue weighted by atomic mass is 10.1. The topological polar surface area (TPSA) is 101 Å². The third-order valence-electron chi connectivity index (χ3n) is 6.28. The largest absolute Gasteiger partial charge is 0.494 e. The van der Waals surface area contributed by atoms with E-state index in [1.54, 1.807) is 36.3 Å². The molecule has 0 unspecified atom stereocenters. The van der Waals surface area contributed by atoms with Crippen molar-refractivity contribution in [3.8, 4) is 5.75 Å². The Balaban J connectivity index is 1.30. The van der Waals surface area contributed by atoms with Gasteiger partial charge in [0.2, 0.25) is 0 Å². The van der Waals surface area contributed by atoms with Crippen LogP contribution in [-0.2, 0) is 4.74 Å². The average Bonchev–Trinajstić information content (AvgIpc) is 3.35. The molecule has 2 aromatic carbocycles. The van der Waals surface area contributed by atoms with Crippen LogP contribution in [0.3, 0.4) is 0 Å². The van der Waals surface area contributed by atoms with Crippen molar-refractivity contribution in [2.45, 2.75) is 0 Å². The molecule has 2 aliphatic rings. The van der Waals surface area contributed by atoms with E-state index in [0.717, 1.165) is 15.3 Å². The summed E-state index contributed by atoms with van der Waals surface area (Å²) in [6.45, 7) is 4.37. The van der Waals surface area contributed by atoms with Crippen molar-refractivity contribution < 1.29 is 19.2 Å². The van der Waals surface area contributed by atoms with Crippen LogP contribution in [0.1, 0.15) is 10.4 Å². The molecule has 2 fully saturated rings. The maximum absolute atomic E-state index is 13.2. The summed E-state index contributed by atoms with van der Waals surface area (Å²) in [7, 11) is 1.60. The maximum atomic E-state index is 13.2. The van der Waals surface area contributed by atoms with E-state index < -0.39 is 4.92 Å². The van der Waals surface area contributed by atoms with Crippen LogP contribution in [0, 0.1) is 10.1 Å². The van der Waals surface area contributed by atoms with Gasteiger partial charge in [-0.15, -0.1) is 0 Å². The summed E-state index contributed by atoms with van der Waals surface area (Å²) in [5, 5.41) is 13.2. The van der Waals surface area contributed by atoms with Crippen molar-refractivity contribution in [2.24, 2.45) is 0 Å². The summed E-state index contributed by atoms with van der Waals surface area (Å²) in [5.41, 5.74) is 1.51. The Labute approximate surface area is 210 Å². The number of carbonyl (C=O) groups excluding carboxylic acids is 1. The minimum atomic E-state index is -0.425. The lowest BCUT2D eigenvalue weighted by Gasteiger charge is -2.34. The minimum Gasteiger partial charge on any atom is -0.494 e. The van der Waals surface area contributed by atoms with Crippen LogP contribution in [0.25, 0.3) is 10.2 Å². The first-order valence-corrected chi connectivity index (χ1v) is 12.4. The van der Waals surface area contributed by atoms with Crippen LogP contribution in [0.2, 0.25) is 5.02 Å². The van der Waals surface area contributed by atoms with Gasteiger partial charge >= 0.3 is 0 Å². The molecule has 1 amide bonds. The number of hydrogen-bond acceptors (Lipinski definition) is 9. The predicted molar refractivity (Wildman–Crippen MR) is 135 cm³/mol. The Morgan fingerprint density at radius 3 is 2.54 bits per heavy atom. The zero-order valence-corrected chi connectivity index (χ0v) is 20.7. The summed E-state index contributed by atoms with van der Waals surface area (Å²) < 4.78 is 11.6. The normalized spacial score (nSPS) is 16.6. The number of anilines is 2. The number of nitro benzene ring substituents is 1. The van der Waals surface area contributed by atoms with Crippen molar-refractivity contribution in [3.63, 3.8) is 0 Å². The van der Waals surface area contributed by atoms with Gasteiger partial charge in [-0.1, -0.05) is 22.9 Å². The van der Waals surface area contributed by atoms with Gasteiger partial charge in [-0.2, -0.15) is 0 Å². The van der Waals surface area contributed by atoms with Gasteiger partial charge in [-0.3, -0.25) is 14.9 Å². The molecule has 0 radical (unpaired) electrons. The fraction of sp³-hybridized carbons (Fsp3) is 0.391. The molecule has 2 aliphatic heterocycles. The number of carbonyl (C=O) groups is 1. The van der Waals surface area contributed by atoms with Gasteiger partial charge < -0.3 is 24.2 Å². The van der Waals surface area contributed by atoms with E-state index in [1.807, 2.05) is 4.90 Å². The second-order valence-electron chi connectivity index (χ2n) is 8.26. The maximum Gasteiger partial charge on any atom is 0.293 e. The molecule has 12 heteroatoms. The molecule has 5 rings (SSSR count). The monoisotopic (exact) mass is 517 g/mol. The second-order valence-corrected chi connectivity index (χ2v) is 9.65. The number of morpholine rings is 1.